The van der Waals surface area contributed by atoms with Gasteiger partial charge in [0.25, 0.3) is 0 Å². The summed E-state index contributed by atoms with van der Waals surface area (Å²) in [4.78, 5) is 13.8. The number of nitrogens with one attached hydrogen (secondary N) is 1. The Balaban J connectivity index is 2.51. The summed E-state index contributed by atoms with van der Waals surface area (Å²) in [6, 6.07) is 0. The predicted octanol–water partition coefficient (Wildman–Crippen LogP) is 3.74. The quantitative estimate of drug-likeness (QED) is 0.610. The van der Waals surface area contributed by atoms with Crippen LogP contribution in [0.1, 0.15) is 47.0 Å². The van der Waals surface area contributed by atoms with Crippen molar-refractivity contribution in [2.24, 2.45) is 5.41 Å². The molecule has 0 atom stereocenters. The molecule has 1 aromatic carbocycles. The Kier molecular flexibility index (Phi) is 5.53. The fraction of sp³-hybridized carbons (Fsp3) is 0.733. The minimum absolute atomic E-state index is 0.00612. The summed E-state index contributed by atoms with van der Waals surface area (Å²) in [7, 11) is 2.02. The van der Waals surface area contributed by atoms with Gasteiger partial charge in [-0.3, -0.25) is 4.79 Å². The topological polar surface area (TPSA) is 32.3 Å². The van der Waals surface area contributed by atoms with Crippen LogP contribution < -0.4 is 15.6 Å². The summed E-state index contributed by atoms with van der Waals surface area (Å²) in [5, 5.41) is 3.11. The van der Waals surface area contributed by atoms with E-state index in [-0.39, 0.29) is 5.43 Å². The summed E-state index contributed by atoms with van der Waals surface area (Å²) in [5.74, 6) is 0. The SMILES string of the molecule is CCNc1c(N(C)CCCCC(C)(C)C)c(=S)c1=O. The van der Waals surface area contributed by atoms with Crippen LogP contribution in [0, 0.1) is 9.93 Å². The van der Waals surface area contributed by atoms with Gasteiger partial charge in [-0.1, -0.05) is 39.4 Å². The Labute approximate surface area is 121 Å². The molecule has 0 spiro atoms. The number of nitrogens with zero attached hydrogens (tertiary/aromatic N) is 1. The van der Waals surface area contributed by atoms with Gasteiger partial charge in [0.15, 0.2) is 0 Å². The molecule has 0 bridgehead atoms. The zero-order valence-corrected chi connectivity index (χ0v) is 13.6. The first-order valence-corrected chi connectivity index (χ1v) is 7.47. The van der Waals surface area contributed by atoms with Gasteiger partial charge in [-0.05, 0) is 25.2 Å². The lowest BCUT2D eigenvalue weighted by atomic mass is 9.90. The first kappa shape index (κ1) is 16.2. The molecule has 0 aliphatic carbocycles. The lowest BCUT2D eigenvalue weighted by molar-refractivity contribution is 0.361. The molecule has 3 nitrogen and oxygen atoms in total. The largest absolute Gasteiger partial charge is 0.380 e. The summed E-state index contributed by atoms with van der Waals surface area (Å²) < 4.78 is 0.481. The number of hydrogen-bond acceptors (Lipinski definition) is 4. The predicted molar refractivity (Wildman–Crippen MR) is 86.7 cm³/mol. The molecule has 1 aromatic rings. The first-order chi connectivity index (χ1) is 8.78. The fourth-order valence-electron chi connectivity index (χ4n) is 2.20. The summed E-state index contributed by atoms with van der Waals surface area (Å²) in [5.41, 5.74) is 2.02. The lowest BCUT2D eigenvalue weighted by Crippen LogP contribution is -2.29. The molecule has 0 radical (unpaired) electrons. The maximum Gasteiger partial charge on any atom is 0.223 e. The van der Waals surface area contributed by atoms with Crippen molar-refractivity contribution in [3.63, 3.8) is 0 Å². The summed E-state index contributed by atoms with van der Waals surface area (Å²) >= 11 is 5.14. The van der Waals surface area contributed by atoms with Crippen LogP contribution in [0.15, 0.2) is 4.79 Å². The van der Waals surface area contributed by atoms with Crippen LogP contribution in [0.2, 0.25) is 0 Å². The van der Waals surface area contributed by atoms with E-state index in [9.17, 15) is 4.79 Å². The minimum Gasteiger partial charge on any atom is -0.380 e. The van der Waals surface area contributed by atoms with E-state index < -0.39 is 0 Å². The molecule has 1 rings (SSSR count). The van der Waals surface area contributed by atoms with E-state index >= 15 is 0 Å². The van der Waals surface area contributed by atoms with Crippen LogP contribution in [0.5, 0.6) is 0 Å². The number of unbranched alkanes of at least 4 members (excludes halogenated alkanes) is 1. The second-order valence-electron chi connectivity index (χ2n) is 6.35. The number of rotatable bonds is 7. The molecular formula is C15H26N2OS. The highest BCUT2D eigenvalue weighted by Crippen LogP contribution is 2.27. The highest BCUT2D eigenvalue weighted by Gasteiger charge is 2.20. The van der Waals surface area contributed by atoms with Crippen molar-refractivity contribution in [3.8, 4) is 0 Å². The van der Waals surface area contributed by atoms with Gasteiger partial charge in [-0.15, -0.1) is 0 Å². The normalized spacial score (nSPS) is 11.8. The van der Waals surface area contributed by atoms with Crippen molar-refractivity contribution in [1.29, 1.82) is 0 Å². The van der Waals surface area contributed by atoms with Crippen LogP contribution in [0.3, 0.4) is 0 Å². The maximum absolute atomic E-state index is 11.6. The molecule has 0 unspecified atom stereocenters. The molecule has 0 fully saturated rings. The van der Waals surface area contributed by atoms with Crippen LogP contribution >= 0.6 is 12.2 Å². The smallest absolute Gasteiger partial charge is 0.223 e. The average Bonchev–Trinajstić information content (AvgIpc) is 2.32. The van der Waals surface area contributed by atoms with E-state index in [2.05, 4.69) is 31.0 Å². The number of anilines is 2. The van der Waals surface area contributed by atoms with Gasteiger partial charge in [0.05, 0.1) is 5.69 Å². The van der Waals surface area contributed by atoms with Gasteiger partial charge < -0.3 is 10.2 Å². The molecule has 0 aliphatic rings. The molecule has 0 saturated heterocycles. The van der Waals surface area contributed by atoms with Crippen molar-refractivity contribution in [2.45, 2.75) is 47.0 Å². The molecule has 0 aromatic heterocycles. The van der Waals surface area contributed by atoms with Crippen LogP contribution in [0.25, 0.3) is 0 Å². The van der Waals surface area contributed by atoms with Crippen LogP contribution in [0.4, 0.5) is 11.4 Å². The Morgan fingerprint density at radius 3 is 2.42 bits per heavy atom. The molecule has 0 heterocycles. The zero-order chi connectivity index (χ0) is 14.6. The third-order valence-corrected chi connectivity index (χ3v) is 3.67. The Morgan fingerprint density at radius 1 is 1.26 bits per heavy atom. The number of hydrogen-bond donors (Lipinski definition) is 1. The third-order valence-electron chi connectivity index (χ3n) is 3.29. The van der Waals surface area contributed by atoms with Gasteiger partial charge in [-0.25, -0.2) is 0 Å². The standard InChI is InChI=1S/C15H26N2OS/c1-6-16-11-12(14(19)13(11)18)17(5)10-8-7-9-15(2,3)4/h16H,6-10H2,1-5H3. The van der Waals surface area contributed by atoms with Crippen molar-refractivity contribution in [2.75, 3.05) is 30.4 Å². The second-order valence-corrected chi connectivity index (χ2v) is 6.76. The van der Waals surface area contributed by atoms with Gasteiger partial charge in [0.1, 0.15) is 10.2 Å². The molecule has 1 N–H and O–H groups in total. The highest BCUT2D eigenvalue weighted by atomic mass is 32.1. The third kappa shape index (κ3) is 4.30. The van der Waals surface area contributed by atoms with Gasteiger partial charge >= 0.3 is 0 Å². The van der Waals surface area contributed by atoms with Crippen LogP contribution in [-0.4, -0.2) is 20.1 Å². The zero-order valence-electron chi connectivity index (χ0n) is 12.8. The molecule has 4 heteroatoms. The van der Waals surface area contributed by atoms with E-state index in [1.165, 1.54) is 12.8 Å². The van der Waals surface area contributed by atoms with E-state index in [0.29, 0.717) is 15.6 Å². The molecule has 0 amide bonds. The monoisotopic (exact) mass is 282 g/mol. The minimum atomic E-state index is -0.00612. The van der Waals surface area contributed by atoms with Crippen molar-refractivity contribution < 1.29 is 0 Å². The fourth-order valence-corrected chi connectivity index (χ4v) is 2.56. The van der Waals surface area contributed by atoms with E-state index in [1.54, 1.807) is 0 Å². The van der Waals surface area contributed by atoms with E-state index in [4.69, 9.17) is 12.2 Å². The maximum atomic E-state index is 11.6. The van der Waals surface area contributed by atoms with E-state index in [1.807, 2.05) is 14.0 Å². The average molecular weight is 282 g/mol. The lowest BCUT2D eigenvalue weighted by Gasteiger charge is -2.25. The van der Waals surface area contributed by atoms with Crippen LogP contribution in [-0.2, 0) is 0 Å². The van der Waals surface area contributed by atoms with Crippen molar-refractivity contribution in [1.82, 2.24) is 0 Å². The van der Waals surface area contributed by atoms with Gasteiger partial charge in [-0.2, -0.15) is 0 Å². The van der Waals surface area contributed by atoms with Crippen molar-refractivity contribution >= 4 is 23.6 Å². The molecular weight excluding hydrogens is 256 g/mol. The second kappa shape index (κ2) is 6.51. The molecule has 19 heavy (non-hydrogen) atoms. The van der Waals surface area contributed by atoms with Gasteiger partial charge in [0.2, 0.25) is 5.43 Å². The molecule has 108 valence electrons. The summed E-state index contributed by atoms with van der Waals surface area (Å²) in [6.07, 6.45) is 3.56. The Hall–Kier alpha value is -0.900. The van der Waals surface area contributed by atoms with Gasteiger partial charge in [0, 0.05) is 20.1 Å². The molecule has 0 aliphatic heterocycles. The Bertz CT molecular complexity index is 481. The highest BCUT2D eigenvalue weighted by molar-refractivity contribution is 7.71. The first-order valence-electron chi connectivity index (χ1n) is 7.06. The molecule has 0 saturated carbocycles. The Morgan fingerprint density at radius 2 is 1.89 bits per heavy atom. The van der Waals surface area contributed by atoms with Crippen molar-refractivity contribution in [3.05, 3.63) is 14.7 Å². The van der Waals surface area contributed by atoms with E-state index in [0.717, 1.165) is 25.2 Å². The summed E-state index contributed by atoms with van der Waals surface area (Å²) in [6.45, 7) is 10.5.